The lowest BCUT2D eigenvalue weighted by Gasteiger charge is -2.12. The Labute approximate surface area is 161 Å². The van der Waals surface area contributed by atoms with Crippen molar-refractivity contribution in [3.8, 4) is 6.07 Å². The van der Waals surface area contributed by atoms with Gasteiger partial charge in [0.05, 0.1) is 11.3 Å². The second-order valence-electron chi connectivity index (χ2n) is 6.98. The van der Waals surface area contributed by atoms with Gasteiger partial charge in [-0.1, -0.05) is 0 Å². The fourth-order valence-corrected chi connectivity index (χ4v) is 4.82. The van der Waals surface area contributed by atoms with Crippen molar-refractivity contribution in [1.29, 1.82) is 5.26 Å². The van der Waals surface area contributed by atoms with Gasteiger partial charge in [-0.2, -0.15) is 5.26 Å². The smallest absolute Gasteiger partial charge is 0.125 e. The van der Waals surface area contributed by atoms with Crippen LogP contribution in [0.5, 0.6) is 0 Å². The van der Waals surface area contributed by atoms with Gasteiger partial charge >= 0.3 is 0 Å². The standard InChI is InChI=1S/C21H19N5S/c22-11-15-12-24-21-18(10-17(27-21)13-26-7-1-2-8-26)20(15)25-16-3-4-19-14(9-16)5-6-23-19/h3-6,9-10,12,23H,1-2,7-8,13H2,(H,24,25). The van der Waals surface area contributed by atoms with Crippen molar-refractivity contribution in [1.82, 2.24) is 14.9 Å². The van der Waals surface area contributed by atoms with Crippen LogP contribution >= 0.6 is 11.3 Å². The second-order valence-corrected chi connectivity index (χ2v) is 8.09. The molecule has 4 heterocycles. The maximum atomic E-state index is 9.59. The van der Waals surface area contributed by atoms with Gasteiger partial charge in [-0.15, -0.1) is 11.3 Å². The van der Waals surface area contributed by atoms with E-state index in [-0.39, 0.29) is 0 Å². The van der Waals surface area contributed by atoms with E-state index >= 15 is 0 Å². The summed E-state index contributed by atoms with van der Waals surface area (Å²) >= 11 is 1.72. The van der Waals surface area contributed by atoms with Crippen molar-refractivity contribution in [2.45, 2.75) is 19.4 Å². The summed E-state index contributed by atoms with van der Waals surface area (Å²) in [5.74, 6) is 0. The van der Waals surface area contributed by atoms with E-state index in [2.05, 4.69) is 44.5 Å². The Hall–Kier alpha value is -2.88. The number of aromatic amines is 1. The highest BCUT2D eigenvalue weighted by molar-refractivity contribution is 7.18. The van der Waals surface area contributed by atoms with Crippen molar-refractivity contribution in [2.24, 2.45) is 0 Å². The lowest BCUT2D eigenvalue weighted by atomic mass is 10.1. The van der Waals surface area contributed by atoms with Gasteiger partial charge in [0, 0.05) is 45.8 Å². The number of rotatable bonds is 4. The van der Waals surface area contributed by atoms with Gasteiger partial charge in [-0.25, -0.2) is 4.98 Å². The molecule has 134 valence electrons. The number of thiophene rings is 1. The number of likely N-dealkylation sites (tertiary alicyclic amines) is 1. The number of H-pyrrole nitrogens is 1. The minimum absolute atomic E-state index is 0.571. The van der Waals surface area contributed by atoms with Crippen molar-refractivity contribution in [3.63, 3.8) is 0 Å². The van der Waals surface area contributed by atoms with E-state index in [1.165, 1.54) is 30.8 Å². The first-order chi connectivity index (χ1) is 13.3. The van der Waals surface area contributed by atoms with Crippen LogP contribution in [-0.4, -0.2) is 28.0 Å². The third-order valence-corrected chi connectivity index (χ3v) is 6.16. The average Bonchev–Trinajstić information content (AvgIpc) is 3.42. The molecule has 0 aliphatic carbocycles. The van der Waals surface area contributed by atoms with Crippen LogP contribution in [0.4, 0.5) is 11.4 Å². The van der Waals surface area contributed by atoms with E-state index in [1.54, 1.807) is 17.5 Å². The number of nitrogens with one attached hydrogen (secondary N) is 2. The molecule has 2 N–H and O–H groups in total. The van der Waals surface area contributed by atoms with E-state index in [4.69, 9.17) is 0 Å². The summed E-state index contributed by atoms with van der Waals surface area (Å²) < 4.78 is 0. The van der Waals surface area contributed by atoms with Gasteiger partial charge in [-0.3, -0.25) is 4.90 Å². The summed E-state index contributed by atoms with van der Waals surface area (Å²) in [7, 11) is 0. The summed E-state index contributed by atoms with van der Waals surface area (Å²) in [5, 5.41) is 15.2. The largest absolute Gasteiger partial charge is 0.361 e. The molecule has 0 saturated carbocycles. The Morgan fingerprint density at radius 3 is 2.96 bits per heavy atom. The topological polar surface area (TPSA) is 67.7 Å². The van der Waals surface area contributed by atoms with Gasteiger partial charge in [-0.05, 0) is 56.3 Å². The summed E-state index contributed by atoms with van der Waals surface area (Å²) in [5.41, 5.74) is 3.49. The number of fused-ring (bicyclic) bond motifs is 2. The van der Waals surface area contributed by atoms with Gasteiger partial charge < -0.3 is 10.3 Å². The molecule has 5 nitrogen and oxygen atoms in total. The number of nitrogens with zero attached hydrogens (tertiary/aromatic N) is 3. The van der Waals surface area contributed by atoms with Crippen molar-refractivity contribution < 1.29 is 0 Å². The highest BCUT2D eigenvalue weighted by Gasteiger charge is 2.16. The Bertz CT molecular complexity index is 1160. The predicted octanol–water partition coefficient (Wildman–Crippen LogP) is 4.99. The maximum Gasteiger partial charge on any atom is 0.125 e. The molecule has 27 heavy (non-hydrogen) atoms. The third kappa shape index (κ3) is 3.05. The number of nitriles is 1. The average molecular weight is 373 g/mol. The van der Waals surface area contributed by atoms with Crippen LogP contribution < -0.4 is 5.32 Å². The molecule has 1 saturated heterocycles. The zero-order valence-corrected chi connectivity index (χ0v) is 15.6. The summed E-state index contributed by atoms with van der Waals surface area (Å²) in [6, 6.07) is 12.7. The molecular weight excluding hydrogens is 354 g/mol. The molecular formula is C21H19N5S. The van der Waals surface area contributed by atoms with Crippen LogP contribution in [0.2, 0.25) is 0 Å². The lowest BCUT2D eigenvalue weighted by molar-refractivity contribution is 0.334. The van der Waals surface area contributed by atoms with Crippen LogP contribution in [0.25, 0.3) is 21.1 Å². The minimum Gasteiger partial charge on any atom is -0.361 e. The fourth-order valence-electron chi connectivity index (χ4n) is 3.77. The normalized spacial score (nSPS) is 14.8. The van der Waals surface area contributed by atoms with Gasteiger partial charge in [0.2, 0.25) is 0 Å². The molecule has 6 heteroatoms. The lowest BCUT2D eigenvalue weighted by Crippen LogP contribution is -2.17. The van der Waals surface area contributed by atoms with Crippen molar-refractivity contribution >= 4 is 43.8 Å². The number of aromatic nitrogens is 2. The van der Waals surface area contributed by atoms with E-state index in [1.807, 2.05) is 18.3 Å². The number of hydrogen-bond acceptors (Lipinski definition) is 5. The van der Waals surface area contributed by atoms with Crippen molar-refractivity contribution in [3.05, 3.63) is 53.2 Å². The Morgan fingerprint density at radius 1 is 1.22 bits per heavy atom. The minimum atomic E-state index is 0.571. The van der Waals surface area contributed by atoms with Crippen LogP contribution in [0.1, 0.15) is 23.3 Å². The molecule has 0 amide bonds. The number of hydrogen-bond donors (Lipinski definition) is 2. The summed E-state index contributed by atoms with van der Waals surface area (Å²) in [6.45, 7) is 3.32. The van der Waals surface area contributed by atoms with E-state index in [9.17, 15) is 5.26 Å². The quantitative estimate of drug-likeness (QED) is 0.529. The Morgan fingerprint density at radius 2 is 2.11 bits per heavy atom. The summed E-state index contributed by atoms with van der Waals surface area (Å²) in [6.07, 6.45) is 6.19. The van der Waals surface area contributed by atoms with Crippen LogP contribution in [0.15, 0.2) is 42.7 Å². The highest BCUT2D eigenvalue weighted by Crippen LogP contribution is 2.35. The van der Waals surface area contributed by atoms with Crippen LogP contribution in [-0.2, 0) is 6.54 Å². The number of benzene rings is 1. The van der Waals surface area contributed by atoms with Gasteiger partial charge in [0.1, 0.15) is 10.9 Å². The SMILES string of the molecule is N#Cc1cnc2sc(CN3CCCC3)cc2c1Nc1ccc2[nH]ccc2c1. The molecule has 1 aliphatic heterocycles. The molecule has 0 bridgehead atoms. The van der Waals surface area contributed by atoms with Crippen LogP contribution in [0, 0.1) is 11.3 Å². The van der Waals surface area contributed by atoms with E-state index < -0.39 is 0 Å². The maximum absolute atomic E-state index is 9.59. The third-order valence-electron chi connectivity index (χ3n) is 5.13. The molecule has 0 radical (unpaired) electrons. The Balaban J connectivity index is 1.54. The first-order valence-electron chi connectivity index (χ1n) is 9.18. The number of anilines is 2. The molecule has 4 aromatic rings. The zero-order chi connectivity index (χ0) is 18.2. The molecule has 0 unspecified atom stereocenters. The molecule has 1 fully saturated rings. The monoisotopic (exact) mass is 373 g/mol. The van der Waals surface area contributed by atoms with E-state index in [0.29, 0.717) is 5.56 Å². The molecule has 1 aliphatic rings. The zero-order valence-electron chi connectivity index (χ0n) is 14.8. The van der Waals surface area contributed by atoms with Gasteiger partial charge in [0.15, 0.2) is 0 Å². The molecule has 3 aromatic heterocycles. The Kier molecular flexibility index (Phi) is 4.04. The molecule has 1 aromatic carbocycles. The fraction of sp³-hybridized carbons (Fsp3) is 0.238. The van der Waals surface area contributed by atoms with Crippen LogP contribution in [0.3, 0.4) is 0 Å². The summed E-state index contributed by atoms with van der Waals surface area (Å²) in [4.78, 5) is 12.5. The second kappa shape index (κ2) is 6.69. The first-order valence-corrected chi connectivity index (χ1v) is 10.00. The molecule has 0 atom stereocenters. The number of pyridine rings is 1. The molecule has 5 rings (SSSR count). The van der Waals surface area contributed by atoms with Gasteiger partial charge in [0.25, 0.3) is 0 Å². The first kappa shape index (κ1) is 16.3. The van der Waals surface area contributed by atoms with Crippen molar-refractivity contribution in [2.75, 3.05) is 18.4 Å². The molecule has 0 spiro atoms. The predicted molar refractivity (Wildman–Crippen MR) is 110 cm³/mol. The highest BCUT2D eigenvalue weighted by atomic mass is 32.1. The van der Waals surface area contributed by atoms with E-state index in [0.717, 1.165) is 39.0 Å².